The summed E-state index contributed by atoms with van der Waals surface area (Å²) in [5.74, 6) is 0.703. The molecule has 0 aliphatic heterocycles. The number of imidazole rings is 1. The summed E-state index contributed by atoms with van der Waals surface area (Å²) >= 11 is 0. The van der Waals surface area contributed by atoms with Crippen molar-refractivity contribution < 1.29 is 24.2 Å². The first-order valence-corrected chi connectivity index (χ1v) is 9.29. The maximum atomic E-state index is 10.8. The van der Waals surface area contributed by atoms with Gasteiger partial charge in [-0.3, -0.25) is 4.57 Å². The average molecular weight is 359 g/mol. The average Bonchev–Trinajstić information content (AvgIpc) is 2.97. The third-order valence-electron chi connectivity index (χ3n) is 3.64. The summed E-state index contributed by atoms with van der Waals surface area (Å²) < 4.78 is 17.5. The molecule has 0 amide bonds. The summed E-state index contributed by atoms with van der Waals surface area (Å²) in [5, 5.41) is 9.69. The summed E-state index contributed by atoms with van der Waals surface area (Å²) in [5.41, 5.74) is 1.23. The molecule has 3 N–H and O–H groups in total. The second kappa shape index (κ2) is 8.00. The van der Waals surface area contributed by atoms with Crippen LogP contribution in [0.4, 0.5) is 5.82 Å². The number of nitrogens with zero attached hydrogens (tertiary/aromatic N) is 5. The molecule has 0 aliphatic rings. The Morgan fingerprint density at radius 3 is 2.75 bits per heavy atom. The Bertz CT molecular complexity index is 718. The van der Waals surface area contributed by atoms with Crippen molar-refractivity contribution in [2.24, 2.45) is 0 Å². The van der Waals surface area contributed by atoms with Gasteiger partial charge in [-0.1, -0.05) is 0 Å². The molecule has 0 saturated carbocycles. The number of aliphatic hydroxyl groups is 1. The molecule has 134 valence electrons. The van der Waals surface area contributed by atoms with Crippen LogP contribution in [0.25, 0.3) is 11.2 Å². The number of hydrogen-bond acceptors (Lipinski definition) is 7. The SMILES string of the molecule is CCN(C)c1ncnc2ncn(C(CO)CCOCP(=O)(O)O)c12. The van der Waals surface area contributed by atoms with Gasteiger partial charge in [0.2, 0.25) is 0 Å². The maximum Gasteiger partial charge on any atom is 0.350 e. The van der Waals surface area contributed by atoms with Gasteiger partial charge in [0.25, 0.3) is 0 Å². The van der Waals surface area contributed by atoms with Crippen LogP contribution in [0.5, 0.6) is 0 Å². The molecule has 0 bridgehead atoms. The van der Waals surface area contributed by atoms with E-state index in [1.54, 1.807) is 10.9 Å². The van der Waals surface area contributed by atoms with Crippen LogP contribution in [-0.2, 0) is 9.30 Å². The van der Waals surface area contributed by atoms with E-state index in [4.69, 9.17) is 14.5 Å². The van der Waals surface area contributed by atoms with E-state index in [1.807, 2.05) is 18.9 Å². The van der Waals surface area contributed by atoms with Gasteiger partial charge in [0.15, 0.2) is 11.5 Å². The van der Waals surface area contributed by atoms with Gasteiger partial charge in [-0.25, -0.2) is 15.0 Å². The summed E-state index contributed by atoms with van der Waals surface area (Å²) in [6.07, 6.45) is 2.75. The highest BCUT2D eigenvalue weighted by Gasteiger charge is 2.20. The van der Waals surface area contributed by atoms with Gasteiger partial charge in [-0.15, -0.1) is 0 Å². The normalized spacial score (nSPS) is 13.4. The third-order valence-corrected chi connectivity index (χ3v) is 4.16. The number of aliphatic hydroxyl groups excluding tert-OH is 1. The minimum atomic E-state index is -4.19. The number of anilines is 1. The second-order valence-electron chi connectivity index (χ2n) is 5.36. The van der Waals surface area contributed by atoms with Crippen LogP contribution in [0.2, 0.25) is 0 Å². The summed E-state index contributed by atoms with van der Waals surface area (Å²) in [6.45, 7) is 2.66. The van der Waals surface area contributed by atoms with Gasteiger partial charge >= 0.3 is 7.60 Å². The van der Waals surface area contributed by atoms with Crippen molar-refractivity contribution in [2.75, 3.05) is 38.1 Å². The van der Waals surface area contributed by atoms with Crippen molar-refractivity contribution in [3.8, 4) is 0 Å². The number of hydrogen-bond donors (Lipinski definition) is 3. The standard InChI is InChI=1S/C13H22N5O5P/c1-3-17(2)13-11-12(14-7-15-13)16-8-18(11)10(6-19)4-5-23-9-24(20,21)22/h7-8,10,19H,3-6,9H2,1-2H3,(H2,20,21,22). The fourth-order valence-corrected chi connectivity index (χ4v) is 2.65. The number of ether oxygens (including phenoxy) is 1. The first kappa shape index (κ1) is 18.8. The first-order chi connectivity index (χ1) is 11.4. The highest BCUT2D eigenvalue weighted by molar-refractivity contribution is 7.51. The molecule has 0 radical (unpaired) electrons. The molecule has 2 rings (SSSR count). The highest BCUT2D eigenvalue weighted by atomic mass is 31.2. The topological polar surface area (TPSA) is 134 Å². The summed E-state index contributed by atoms with van der Waals surface area (Å²) in [7, 11) is -2.29. The van der Waals surface area contributed by atoms with Crippen molar-refractivity contribution in [3.05, 3.63) is 12.7 Å². The van der Waals surface area contributed by atoms with E-state index >= 15 is 0 Å². The molecule has 2 aromatic heterocycles. The molecule has 1 unspecified atom stereocenters. The minimum absolute atomic E-state index is 0.0999. The van der Waals surface area contributed by atoms with Gasteiger partial charge in [0, 0.05) is 20.2 Å². The zero-order valence-electron chi connectivity index (χ0n) is 13.6. The Balaban J connectivity index is 2.21. The molecule has 1 atom stereocenters. The zero-order chi connectivity index (χ0) is 17.7. The van der Waals surface area contributed by atoms with Crippen LogP contribution in [0.15, 0.2) is 12.7 Å². The van der Waals surface area contributed by atoms with Crippen LogP contribution in [0.1, 0.15) is 19.4 Å². The van der Waals surface area contributed by atoms with E-state index in [0.29, 0.717) is 23.4 Å². The second-order valence-corrected chi connectivity index (χ2v) is 6.95. The molecule has 0 spiro atoms. The van der Waals surface area contributed by atoms with E-state index < -0.39 is 13.9 Å². The Morgan fingerprint density at radius 1 is 1.38 bits per heavy atom. The van der Waals surface area contributed by atoms with Gasteiger partial charge in [0.05, 0.1) is 19.0 Å². The van der Waals surface area contributed by atoms with Gasteiger partial charge in [0.1, 0.15) is 18.2 Å². The van der Waals surface area contributed by atoms with Gasteiger partial charge in [-0.05, 0) is 13.3 Å². The van der Waals surface area contributed by atoms with Crippen LogP contribution < -0.4 is 4.90 Å². The lowest BCUT2D eigenvalue weighted by atomic mass is 10.2. The Hall–Kier alpha value is -1.58. The molecule has 2 heterocycles. The Kier molecular flexibility index (Phi) is 6.25. The van der Waals surface area contributed by atoms with Crippen molar-refractivity contribution >= 4 is 24.6 Å². The lowest BCUT2D eigenvalue weighted by Crippen LogP contribution is -2.21. The number of rotatable bonds is 9. The monoisotopic (exact) mass is 359 g/mol. The molecular weight excluding hydrogens is 337 g/mol. The van der Waals surface area contributed by atoms with Crippen LogP contribution in [0, 0.1) is 0 Å². The van der Waals surface area contributed by atoms with Crippen molar-refractivity contribution in [1.29, 1.82) is 0 Å². The Labute approximate surface area is 139 Å². The molecular formula is C13H22N5O5P. The van der Waals surface area contributed by atoms with Crippen molar-refractivity contribution in [2.45, 2.75) is 19.4 Å². The molecule has 24 heavy (non-hydrogen) atoms. The van der Waals surface area contributed by atoms with Crippen LogP contribution in [-0.4, -0.2) is 67.6 Å². The van der Waals surface area contributed by atoms with Crippen molar-refractivity contribution in [3.63, 3.8) is 0 Å². The lowest BCUT2D eigenvalue weighted by molar-refractivity contribution is 0.127. The third kappa shape index (κ3) is 4.49. The first-order valence-electron chi connectivity index (χ1n) is 7.49. The fourth-order valence-electron chi connectivity index (χ4n) is 2.29. The molecule has 0 aromatic carbocycles. The van der Waals surface area contributed by atoms with Crippen LogP contribution in [0.3, 0.4) is 0 Å². The largest absolute Gasteiger partial charge is 0.394 e. The fraction of sp³-hybridized carbons (Fsp3) is 0.615. The van der Waals surface area contributed by atoms with Crippen molar-refractivity contribution in [1.82, 2.24) is 19.5 Å². The summed E-state index contributed by atoms with van der Waals surface area (Å²) in [4.78, 5) is 32.2. The molecule has 2 aromatic rings. The van der Waals surface area contributed by atoms with Gasteiger partial charge in [-0.2, -0.15) is 0 Å². The highest BCUT2D eigenvalue weighted by Crippen LogP contribution is 2.34. The van der Waals surface area contributed by atoms with E-state index in [1.165, 1.54) is 6.33 Å². The Morgan fingerprint density at radius 2 is 2.12 bits per heavy atom. The van der Waals surface area contributed by atoms with Crippen LogP contribution >= 0.6 is 7.60 Å². The maximum absolute atomic E-state index is 10.8. The molecule has 0 fully saturated rings. The van der Waals surface area contributed by atoms with E-state index in [2.05, 4.69) is 15.0 Å². The lowest BCUT2D eigenvalue weighted by Gasteiger charge is -2.21. The van der Waals surface area contributed by atoms with E-state index in [9.17, 15) is 9.67 Å². The number of fused-ring (bicyclic) bond motifs is 1. The predicted molar refractivity (Wildman–Crippen MR) is 87.9 cm³/mol. The predicted octanol–water partition coefficient (Wildman–Crippen LogP) is 0.358. The molecule has 10 nitrogen and oxygen atoms in total. The number of aromatic nitrogens is 4. The van der Waals surface area contributed by atoms with Gasteiger partial charge < -0.3 is 29.1 Å². The summed E-state index contributed by atoms with van der Waals surface area (Å²) in [6, 6.07) is -0.359. The quantitative estimate of drug-likeness (QED) is 0.428. The molecule has 0 aliphatic carbocycles. The minimum Gasteiger partial charge on any atom is -0.394 e. The smallest absolute Gasteiger partial charge is 0.350 e. The van der Waals surface area contributed by atoms with E-state index in [0.717, 1.165) is 6.54 Å². The zero-order valence-corrected chi connectivity index (χ0v) is 14.5. The molecule has 0 saturated heterocycles. The van der Waals surface area contributed by atoms with E-state index in [-0.39, 0.29) is 19.3 Å². The molecule has 11 heteroatoms.